The van der Waals surface area contributed by atoms with Crippen LogP contribution in [0.25, 0.3) is 11.0 Å². The molecular weight excluding hydrogens is 262 g/mol. The predicted molar refractivity (Wildman–Crippen MR) is 71.3 cm³/mol. The van der Waals surface area contributed by atoms with Gasteiger partial charge in [-0.25, -0.2) is 10.2 Å². The van der Waals surface area contributed by atoms with Crippen LogP contribution in [-0.2, 0) is 6.54 Å². The summed E-state index contributed by atoms with van der Waals surface area (Å²) in [5.41, 5.74) is 7.05. The Morgan fingerprint density at radius 2 is 2.35 bits per heavy atom. The number of hydrogen-bond acceptors (Lipinski definition) is 5. The van der Waals surface area contributed by atoms with Crippen molar-refractivity contribution in [2.75, 3.05) is 6.54 Å². The van der Waals surface area contributed by atoms with Crippen molar-refractivity contribution in [1.29, 1.82) is 0 Å². The summed E-state index contributed by atoms with van der Waals surface area (Å²) in [6.45, 7) is 3.13. The minimum absolute atomic E-state index is 0.265. The highest BCUT2D eigenvalue weighted by Crippen LogP contribution is 2.09. The third kappa shape index (κ3) is 3.58. The van der Waals surface area contributed by atoms with E-state index in [1.54, 1.807) is 18.2 Å². The van der Waals surface area contributed by atoms with Crippen LogP contribution in [0.1, 0.15) is 25.3 Å². The zero-order valence-corrected chi connectivity index (χ0v) is 11.2. The first-order valence-electron chi connectivity index (χ1n) is 6.45. The molecule has 1 aromatic heterocycles. The van der Waals surface area contributed by atoms with Crippen LogP contribution in [0.3, 0.4) is 0 Å². The Morgan fingerprint density at radius 3 is 3.15 bits per heavy atom. The van der Waals surface area contributed by atoms with Gasteiger partial charge in [-0.05, 0) is 23.0 Å². The Labute approximate surface area is 115 Å². The molecular formula is C12H17N5O3. The number of fused-ring (bicyclic) bond motifs is 1. The molecule has 2 amide bonds. The highest BCUT2D eigenvalue weighted by Gasteiger charge is 2.09. The smallest absolute Gasteiger partial charge is 0.329 e. The second-order valence-corrected chi connectivity index (χ2v) is 4.34. The van der Waals surface area contributed by atoms with Crippen molar-refractivity contribution in [2.24, 2.45) is 0 Å². The number of urea groups is 1. The third-order valence-corrected chi connectivity index (χ3v) is 2.76. The largest absolute Gasteiger partial charge is 0.359 e. The minimum Gasteiger partial charge on any atom is -0.359 e. The lowest BCUT2D eigenvalue weighted by Gasteiger charge is -2.08. The van der Waals surface area contributed by atoms with E-state index < -0.39 is 0 Å². The van der Waals surface area contributed by atoms with Crippen LogP contribution in [-0.4, -0.2) is 17.7 Å². The molecule has 0 fully saturated rings. The SMILES string of the molecule is CCCCNC(=O)NNCc1ccc2c(c1)no[n+]2[O-]. The number of unbranched alkanes of at least 4 members (excludes halogenated alkanes) is 1. The van der Waals surface area contributed by atoms with Crippen LogP contribution >= 0.6 is 0 Å². The number of carbonyl (C=O) groups is 1. The molecule has 1 heterocycles. The average Bonchev–Trinajstić information content (AvgIpc) is 2.80. The Bertz CT molecular complexity index is 583. The summed E-state index contributed by atoms with van der Waals surface area (Å²) in [6.07, 6.45) is 1.98. The van der Waals surface area contributed by atoms with E-state index in [9.17, 15) is 10.0 Å². The summed E-state index contributed by atoms with van der Waals surface area (Å²) in [5, 5.41) is 17.5. The fourth-order valence-corrected chi connectivity index (χ4v) is 1.68. The molecule has 0 aliphatic carbocycles. The molecule has 1 aromatic carbocycles. The van der Waals surface area contributed by atoms with Gasteiger partial charge in [0.25, 0.3) is 0 Å². The number of hydrogen-bond donors (Lipinski definition) is 3. The molecule has 3 N–H and O–H groups in total. The number of nitrogens with one attached hydrogen (secondary N) is 3. The fourth-order valence-electron chi connectivity index (χ4n) is 1.68. The number of rotatable bonds is 6. The van der Waals surface area contributed by atoms with Gasteiger partial charge in [0.15, 0.2) is 0 Å². The topological polar surface area (TPSA) is 106 Å². The second kappa shape index (κ2) is 6.71. The first-order chi connectivity index (χ1) is 9.70. The molecule has 0 saturated carbocycles. The zero-order valence-electron chi connectivity index (χ0n) is 11.2. The number of carbonyl (C=O) groups excluding carboxylic acids is 1. The lowest BCUT2D eigenvalue weighted by molar-refractivity contribution is -0.782. The van der Waals surface area contributed by atoms with Crippen LogP contribution in [0.4, 0.5) is 4.79 Å². The number of hydrazine groups is 1. The fraction of sp³-hybridized carbons (Fsp3) is 0.417. The van der Waals surface area contributed by atoms with Gasteiger partial charge < -0.3 is 10.5 Å². The Morgan fingerprint density at radius 1 is 1.50 bits per heavy atom. The van der Waals surface area contributed by atoms with Gasteiger partial charge >= 0.3 is 6.03 Å². The van der Waals surface area contributed by atoms with Gasteiger partial charge in [-0.2, -0.15) is 0 Å². The van der Waals surface area contributed by atoms with E-state index in [2.05, 4.69) is 32.9 Å². The molecule has 0 atom stereocenters. The molecule has 0 radical (unpaired) electrons. The number of nitrogens with zero attached hydrogens (tertiary/aromatic N) is 2. The number of amides is 2. The van der Waals surface area contributed by atoms with E-state index in [0.717, 1.165) is 18.4 Å². The Hall–Kier alpha value is -2.35. The molecule has 0 unspecified atom stereocenters. The van der Waals surface area contributed by atoms with Crippen LogP contribution in [0.5, 0.6) is 0 Å². The van der Waals surface area contributed by atoms with Crippen molar-refractivity contribution in [2.45, 2.75) is 26.3 Å². The zero-order chi connectivity index (χ0) is 14.4. The molecule has 2 aromatic rings. The van der Waals surface area contributed by atoms with Crippen molar-refractivity contribution in [1.82, 2.24) is 21.3 Å². The standard InChI is InChI=1S/C12H17N5O3/c1-2-3-6-13-12(18)15-14-8-9-4-5-11-10(7-9)16-20-17(11)19/h4-5,7,14H,2-3,6,8H2,1H3,(H2,13,15,18). The van der Waals surface area contributed by atoms with E-state index >= 15 is 0 Å². The van der Waals surface area contributed by atoms with E-state index in [1.807, 2.05) is 0 Å². The minimum atomic E-state index is -0.265. The monoisotopic (exact) mass is 279 g/mol. The maximum Gasteiger partial charge on any atom is 0.329 e. The molecule has 0 spiro atoms. The van der Waals surface area contributed by atoms with E-state index in [4.69, 9.17) is 0 Å². The lowest BCUT2D eigenvalue weighted by atomic mass is 10.2. The van der Waals surface area contributed by atoms with E-state index in [0.29, 0.717) is 29.0 Å². The molecule has 0 aliphatic rings. The first-order valence-corrected chi connectivity index (χ1v) is 6.45. The van der Waals surface area contributed by atoms with Gasteiger partial charge in [0.2, 0.25) is 11.0 Å². The molecule has 20 heavy (non-hydrogen) atoms. The van der Waals surface area contributed by atoms with Crippen molar-refractivity contribution >= 4 is 17.1 Å². The molecule has 0 aliphatic heterocycles. The van der Waals surface area contributed by atoms with Crippen LogP contribution in [0, 0.1) is 5.21 Å². The summed E-state index contributed by atoms with van der Waals surface area (Å²) in [7, 11) is 0. The van der Waals surface area contributed by atoms with Gasteiger partial charge in [-0.1, -0.05) is 19.4 Å². The van der Waals surface area contributed by atoms with Crippen LogP contribution in [0.2, 0.25) is 0 Å². The van der Waals surface area contributed by atoms with Crippen molar-refractivity contribution < 1.29 is 14.3 Å². The van der Waals surface area contributed by atoms with Gasteiger partial charge in [-0.15, -0.1) is 0 Å². The first kappa shape index (κ1) is 14.1. The summed E-state index contributed by atoms with van der Waals surface area (Å²) in [4.78, 5) is 11.7. The quantitative estimate of drug-likeness (QED) is 0.407. The van der Waals surface area contributed by atoms with Gasteiger partial charge in [-0.3, -0.25) is 10.1 Å². The predicted octanol–water partition coefficient (Wildman–Crippen LogP) is 0.565. The summed E-state index contributed by atoms with van der Waals surface area (Å²) >= 11 is 0. The van der Waals surface area contributed by atoms with E-state index in [1.165, 1.54) is 0 Å². The van der Waals surface area contributed by atoms with Gasteiger partial charge in [0, 0.05) is 24.3 Å². The summed E-state index contributed by atoms with van der Waals surface area (Å²) in [5.74, 6) is 0. The molecule has 8 heteroatoms. The second-order valence-electron chi connectivity index (χ2n) is 4.34. The maximum atomic E-state index is 11.4. The number of aromatic nitrogens is 2. The normalized spacial score (nSPS) is 10.7. The molecule has 8 nitrogen and oxygen atoms in total. The average molecular weight is 279 g/mol. The summed E-state index contributed by atoms with van der Waals surface area (Å²) < 4.78 is 4.48. The highest BCUT2D eigenvalue weighted by molar-refractivity contribution is 5.73. The molecule has 0 bridgehead atoms. The molecule has 2 rings (SSSR count). The summed E-state index contributed by atoms with van der Waals surface area (Å²) in [6, 6.07) is 4.84. The van der Waals surface area contributed by atoms with Crippen molar-refractivity contribution in [3.05, 3.63) is 29.0 Å². The molecule has 0 saturated heterocycles. The number of benzene rings is 1. The van der Waals surface area contributed by atoms with Crippen molar-refractivity contribution in [3.8, 4) is 0 Å². The highest BCUT2D eigenvalue weighted by atomic mass is 16.8. The van der Waals surface area contributed by atoms with Crippen LogP contribution < -0.4 is 21.1 Å². The van der Waals surface area contributed by atoms with Crippen molar-refractivity contribution in [3.63, 3.8) is 0 Å². The van der Waals surface area contributed by atoms with E-state index in [-0.39, 0.29) is 6.03 Å². The maximum absolute atomic E-state index is 11.4. The third-order valence-electron chi connectivity index (χ3n) is 2.76. The van der Waals surface area contributed by atoms with Crippen LogP contribution in [0.15, 0.2) is 22.8 Å². The Balaban J connectivity index is 1.79. The Kier molecular flexibility index (Phi) is 4.72. The van der Waals surface area contributed by atoms with Gasteiger partial charge in [0.1, 0.15) is 0 Å². The lowest BCUT2D eigenvalue weighted by Crippen LogP contribution is -2.44. The molecule has 108 valence electrons. The van der Waals surface area contributed by atoms with Gasteiger partial charge in [0.05, 0.1) is 0 Å².